The number of carbonyl (C=O) groups is 1. The van der Waals surface area contributed by atoms with Crippen LogP contribution in [0.2, 0.25) is 10.0 Å². The number of halogens is 2. The van der Waals surface area contributed by atoms with Crippen molar-refractivity contribution in [3.8, 4) is 23.0 Å². The summed E-state index contributed by atoms with van der Waals surface area (Å²) < 4.78 is 16.8. The van der Waals surface area contributed by atoms with Crippen LogP contribution in [0.1, 0.15) is 25.3 Å². The third-order valence-electron chi connectivity index (χ3n) is 5.05. The Kier molecular flexibility index (Phi) is 6.77. The van der Waals surface area contributed by atoms with Gasteiger partial charge in [0.05, 0.1) is 17.8 Å². The highest BCUT2D eigenvalue weighted by Crippen LogP contribution is 2.33. The number of amides is 1. The largest absolute Gasteiger partial charge is 0.495 e. The summed E-state index contributed by atoms with van der Waals surface area (Å²) in [5.74, 6) is 1.32. The molecule has 8 heteroatoms. The number of methoxy groups -OCH3 is 1. The van der Waals surface area contributed by atoms with Crippen LogP contribution >= 0.6 is 23.2 Å². The van der Waals surface area contributed by atoms with Gasteiger partial charge in [0, 0.05) is 10.6 Å². The molecule has 1 heterocycles. The van der Waals surface area contributed by atoms with E-state index in [1.54, 1.807) is 30.3 Å². The van der Waals surface area contributed by atoms with Gasteiger partial charge in [-0.2, -0.15) is 0 Å². The first-order valence-corrected chi connectivity index (χ1v) is 11.1. The van der Waals surface area contributed by atoms with Crippen LogP contribution in [0.4, 0.5) is 5.69 Å². The number of rotatable bonds is 7. The van der Waals surface area contributed by atoms with Gasteiger partial charge in [-0.3, -0.25) is 4.79 Å². The molecule has 4 rings (SSSR count). The number of carbonyl (C=O) groups excluding carboxylic acids is 1. The first kappa shape index (κ1) is 23.0. The van der Waals surface area contributed by atoms with Crippen LogP contribution < -0.4 is 14.8 Å². The van der Waals surface area contributed by atoms with Crippen molar-refractivity contribution in [2.75, 3.05) is 19.0 Å². The second kappa shape index (κ2) is 9.73. The first-order chi connectivity index (χ1) is 15.8. The topological polar surface area (TPSA) is 73.6 Å². The van der Waals surface area contributed by atoms with Gasteiger partial charge in [-0.25, -0.2) is 4.98 Å². The molecule has 1 N–H and O–H groups in total. The molecule has 1 aromatic heterocycles. The minimum Gasteiger partial charge on any atom is -0.495 e. The third kappa shape index (κ3) is 5.24. The summed E-state index contributed by atoms with van der Waals surface area (Å²) in [4.78, 5) is 17.1. The third-order valence-corrected chi connectivity index (χ3v) is 5.58. The number of aromatic nitrogens is 1. The zero-order valence-corrected chi connectivity index (χ0v) is 19.8. The molecule has 0 spiro atoms. The van der Waals surface area contributed by atoms with E-state index in [0.717, 1.165) is 5.52 Å². The van der Waals surface area contributed by atoms with Gasteiger partial charge in [0.1, 0.15) is 17.0 Å². The van der Waals surface area contributed by atoms with Crippen LogP contribution in [-0.2, 0) is 4.79 Å². The van der Waals surface area contributed by atoms with E-state index in [0.29, 0.717) is 50.2 Å². The van der Waals surface area contributed by atoms with Gasteiger partial charge in [0.15, 0.2) is 12.2 Å². The van der Waals surface area contributed by atoms with Crippen molar-refractivity contribution in [2.24, 2.45) is 0 Å². The van der Waals surface area contributed by atoms with E-state index in [2.05, 4.69) is 24.1 Å². The van der Waals surface area contributed by atoms with Crippen molar-refractivity contribution in [2.45, 2.75) is 19.8 Å². The number of ether oxygens (including phenoxy) is 2. The van der Waals surface area contributed by atoms with Crippen LogP contribution in [-0.4, -0.2) is 24.6 Å². The maximum atomic E-state index is 12.5. The van der Waals surface area contributed by atoms with Gasteiger partial charge in [-0.15, -0.1) is 0 Å². The fourth-order valence-electron chi connectivity index (χ4n) is 3.29. The summed E-state index contributed by atoms with van der Waals surface area (Å²) >= 11 is 12.0. The number of hydrogen-bond acceptors (Lipinski definition) is 5. The predicted octanol–water partition coefficient (Wildman–Crippen LogP) is 6.95. The lowest BCUT2D eigenvalue weighted by molar-refractivity contribution is -0.118. The van der Waals surface area contributed by atoms with E-state index in [4.69, 9.17) is 37.1 Å². The van der Waals surface area contributed by atoms with Crippen molar-refractivity contribution in [1.82, 2.24) is 4.98 Å². The van der Waals surface area contributed by atoms with Gasteiger partial charge in [0.2, 0.25) is 5.89 Å². The van der Waals surface area contributed by atoms with Crippen LogP contribution in [0, 0.1) is 0 Å². The molecule has 33 heavy (non-hydrogen) atoms. The summed E-state index contributed by atoms with van der Waals surface area (Å²) in [5.41, 5.74) is 3.84. The molecule has 1 amide bonds. The second-order valence-electron chi connectivity index (χ2n) is 7.73. The summed E-state index contributed by atoms with van der Waals surface area (Å²) in [7, 11) is 1.53. The van der Waals surface area contributed by atoms with E-state index in [9.17, 15) is 4.79 Å². The average Bonchev–Trinajstić information content (AvgIpc) is 3.22. The van der Waals surface area contributed by atoms with Crippen LogP contribution in [0.15, 0.2) is 59.0 Å². The zero-order valence-electron chi connectivity index (χ0n) is 18.3. The highest BCUT2D eigenvalue weighted by Gasteiger charge is 2.15. The molecule has 0 atom stereocenters. The Morgan fingerprint density at radius 2 is 1.85 bits per heavy atom. The molecule has 4 aromatic rings. The molecule has 0 unspecified atom stereocenters. The highest BCUT2D eigenvalue weighted by molar-refractivity contribution is 6.35. The summed E-state index contributed by atoms with van der Waals surface area (Å²) in [6, 6.07) is 16.1. The first-order valence-electron chi connectivity index (χ1n) is 10.3. The molecule has 0 bridgehead atoms. The van der Waals surface area contributed by atoms with Crippen molar-refractivity contribution < 1.29 is 18.7 Å². The molecular formula is C25H22Cl2N2O4. The smallest absolute Gasteiger partial charge is 0.262 e. The van der Waals surface area contributed by atoms with Crippen LogP contribution in [0.3, 0.4) is 0 Å². The Morgan fingerprint density at radius 1 is 1.06 bits per heavy atom. The molecule has 3 aromatic carbocycles. The molecule has 170 valence electrons. The fraction of sp³-hybridized carbons (Fsp3) is 0.200. The van der Waals surface area contributed by atoms with E-state index in [1.807, 2.05) is 24.3 Å². The summed E-state index contributed by atoms with van der Waals surface area (Å²) in [5, 5.41) is 3.61. The Balaban J connectivity index is 1.54. The quantitative estimate of drug-likeness (QED) is 0.307. The highest BCUT2D eigenvalue weighted by atomic mass is 35.5. The number of fused-ring (bicyclic) bond motifs is 1. The summed E-state index contributed by atoms with van der Waals surface area (Å²) in [6.07, 6.45) is 0. The number of oxazole rings is 1. The molecular weight excluding hydrogens is 463 g/mol. The molecule has 0 aliphatic heterocycles. The maximum absolute atomic E-state index is 12.5. The van der Waals surface area contributed by atoms with Crippen molar-refractivity contribution in [3.05, 3.63) is 70.2 Å². The number of nitrogens with one attached hydrogen (secondary N) is 1. The molecule has 0 fully saturated rings. The SMILES string of the molecule is COc1ccc(-c2nc3cc(C(C)C)ccc3o2)cc1NC(=O)COc1ccc(Cl)cc1Cl. The summed E-state index contributed by atoms with van der Waals surface area (Å²) in [6.45, 7) is 4.02. The van der Waals surface area contributed by atoms with Crippen molar-refractivity contribution >= 4 is 45.9 Å². The van der Waals surface area contributed by atoms with E-state index in [1.165, 1.54) is 12.7 Å². The molecule has 0 radical (unpaired) electrons. The van der Waals surface area contributed by atoms with Crippen LogP contribution in [0.5, 0.6) is 11.5 Å². The number of anilines is 1. The monoisotopic (exact) mass is 484 g/mol. The molecule has 0 saturated carbocycles. The van der Waals surface area contributed by atoms with Gasteiger partial charge < -0.3 is 19.2 Å². The second-order valence-corrected chi connectivity index (χ2v) is 8.57. The molecule has 0 aliphatic carbocycles. The van der Waals surface area contributed by atoms with Gasteiger partial charge in [-0.05, 0) is 60.0 Å². The van der Waals surface area contributed by atoms with Gasteiger partial charge >= 0.3 is 0 Å². The average molecular weight is 485 g/mol. The molecule has 0 aliphatic rings. The lowest BCUT2D eigenvalue weighted by atomic mass is 10.0. The number of hydrogen-bond donors (Lipinski definition) is 1. The Bertz CT molecular complexity index is 1320. The standard InChI is InChI=1S/C25H22Cl2N2O4/c1-14(2)15-4-8-23-20(10-15)29-25(33-23)16-5-7-22(31-3)19(11-16)28-24(30)13-32-21-9-6-17(26)12-18(21)27/h4-12,14H,13H2,1-3H3,(H,28,30). The van der Waals surface area contributed by atoms with Crippen molar-refractivity contribution in [3.63, 3.8) is 0 Å². The zero-order chi connectivity index (χ0) is 23.5. The number of benzene rings is 3. The maximum Gasteiger partial charge on any atom is 0.262 e. The van der Waals surface area contributed by atoms with E-state index >= 15 is 0 Å². The van der Waals surface area contributed by atoms with E-state index in [-0.39, 0.29) is 12.5 Å². The normalized spacial score (nSPS) is 11.1. The van der Waals surface area contributed by atoms with Gasteiger partial charge in [0.25, 0.3) is 5.91 Å². The molecule has 6 nitrogen and oxygen atoms in total. The van der Waals surface area contributed by atoms with Gasteiger partial charge in [-0.1, -0.05) is 43.1 Å². The Morgan fingerprint density at radius 3 is 2.58 bits per heavy atom. The molecule has 0 saturated heterocycles. The Hall–Kier alpha value is -3.22. The van der Waals surface area contributed by atoms with Crippen molar-refractivity contribution in [1.29, 1.82) is 0 Å². The lowest BCUT2D eigenvalue weighted by Gasteiger charge is -2.12. The minimum atomic E-state index is -0.379. The predicted molar refractivity (Wildman–Crippen MR) is 131 cm³/mol. The number of nitrogens with zero attached hydrogens (tertiary/aromatic N) is 1. The minimum absolute atomic E-state index is 0.240. The lowest BCUT2D eigenvalue weighted by Crippen LogP contribution is -2.20. The fourth-order valence-corrected chi connectivity index (χ4v) is 3.75. The Labute approximate surface area is 201 Å². The van der Waals surface area contributed by atoms with Crippen LogP contribution in [0.25, 0.3) is 22.6 Å². The van der Waals surface area contributed by atoms with E-state index < -0.39 is 0 Å².